The average molecular weight is 364 g/mol. The van der Waals surface area contributed by atoms with Crippen LogP contribution in [0.2, 0.25) is 0 Å². The Morgan fingerprint density at radius 1 is 1.15 bits per heavy atom. The largest absolute Gasteiger partial charge is 0.508 e. The van der Waals surface area contributed by atoms with Crippen LogP contribution < -0.4 is 0 Å². The molecule has 1 aromatic carbocycles. The van der Waals surface area contributed by atoms with E-state index in [9.17, 15) is 14.7 Å². The Balaban J connectivity index is 2.50. The first kappa shape index (κ1) is 21.9. The number of aliphatic hydroxyl groups excluding tert-OH is 1. The lowest BCUT2D eigenvalue weighted by molar-refractivity contribution is -0.136. The average Bonchev–Trinajstić information content (AvgIpc) is 2.65. The number of carbonyl (C=O) groups excluding carboxylic acids is 2. The van der Waals surface area contributed by atoms with Gasteiger partial charge in [0, 0.05) is 5.92 Å². The summed E-state index contributed by atoms with van der Waals surface area (Å²) in [4.78, 5) is 23.6. The summed E-state index contributed by atoms with van der Waals surface area (Å²) in [5, 5.41) is 10.3. The number of aliphatic hydroxyl groups is 1. The number of ether oxygens (including phenoxy) is 3. The third kappa shape index (κ3) is 7.37. The molecule has 0 saturated carbocycles. The van der Waals surface area contributed by atoms with Crippen LogP contribution in [-0.2, 0) is 25.6 Å². The summed E-state index contributed by atoms with van der Waals surface area (Å²) in [7, 11) is 0. The highest BCUT2D eigenvalue weighted by atomic mass is 16.7. The molecule has 144 valence electrons. The van der Waals surface area contributed by atoms with Gasteiger partial charge < -0.3 is 19.3 Å². The Bertz CT molecular complexity index is 596. The molecule has 6 nitrogen and oxygen atoms in total. The van der Waals surface area contributed by atoms with Crippen LogP contribution in [0.1, 0.15) is 33.3 Å². The van der Waals surface area contributed by atoms with E-state index < -0.39 is 24.3 Å². The number of hydrogen-bond donors (Lipinski definition) is 1. The molecule has 0 aliphatic rings. The van der Waals surface area contributed by atoms with Crippen molar-refractivity contribution in [1.82, 2.24) is 0 Å². The van der Waals surface area contributed by atoms with E-state index >= 15 is 0 Å². The maximum atomic E-state index is 12.5. The minimum atomic E-state index is -0.976. The Labute approximate surface area is 154 Å². The zero-order valence-electron chi connectivity index (χ0n) is 15.8. The first-order valence-corrected chi connectivity index (χ1v) is 8.70. The van der Waals surface area contributed by atoms with Gasteiger partial charge in [-0.2, -0.15) is 0 Å². The normalized spacial score (nSPS) is 15.0. The highest BCUT2D eigenvalue weighted by Gasteiger charge is 2.27. The SMILES string of the molecule is CCOC(=O)OC/C=C(\C)[C@H](O)[C@@H](C)C(=O)[C@H](C)OCc1ccccc1. The summed E-state index contributed by atoms with van der Waals surface area (Å²) in [6.07, 6.45) is -0.821. The van der Waals surface area contributed by atoms with Gasteiger partial charge in [-0.25, -0.2) is 4.79 Å². The van der Waals surface area contributed by atoms with Gasteiger partial charge in [0.05, 0.1) is 19.3 Å². The second kappa shape index (κ2) is 11.4. The molecule has 0 aliphatic carbocycles. The molecule has 0 heterocycles. The van der Waals surface area contributed by atoms with E-state index in [1.165, 1.54) is 0 Å². The highest BCUT2D eigenvalue weighted by molar-refractivity contribution is 5.85. The van der Waals surface area contributed by atoms with Crippen molar-refractivity contribution in [3.8, 4) is 0 Å². The fourth-order valence-corrected chi connectivity index (χ4v) is 2.32. The monoisotopic (exact) mass is 364 g/mol. The molecule has 0 spiro atoms. The Morgan fingerprint density at radius 2 is 1.81 bits per heavy atom. The molecule has 0 aliphatic heterocycles. The number of rotatable bonds is 10. The molecule has 3 atom stereocenters. The van der Waals surface area contributed by atoms with Crippen LogP contribution >= 0.6 is 0 Å². The smallest absolute Gasteiger partial charge is 0.435 e. The molecule has 1 rings (SSSR count). The maximum Gasteiger partial charge on any atom is 0.508 e. The minimum absolute atomic E-state index is 0.0251. The van der Waals surface area contributed by atoms with Gasteiger partial charge in [0.15, 0.2) is 5.78 Å². The van der Waals surface area contributed by atoms with Crippen LogP contribution in [0.15, 0.2) is 42.0 Å². The fourth-order valence-electron chi connectivity index (χ4n) is 2.32. The van der Waals surface area contributed by atoms with E-state index in [2.05, 4.69) is 4.74 Å². The molecular weight excluding hydrogens is 336 g/mol. The lowest BCUT2D eigenvalue weighted by Crippen LogP contribution is -2.34. The summed E-state index contributed by atoms with van der Waals surface area (Å²) in [6, 6.07) is 9.57. The van der Waals surface area contributed by atoms with Crippen molar-refractivity contribution < 1.29 is 28.9 Å². The molecule has 0 saturated heterocycles. The molecular formula is C20H28O6. The van der Waals surface area contributed by atoms with E-state index in [0.29, 0.717) is 12.2 Å². The van der Waals surface area contributed by atoms with Crippen molar-refractivity contribution in [2.45, 2.75) is 46.5 Å². The zero-order valence-corrected chi connectivity index (χ0v) is 15.8. The summed E-state index contributed by atoms with van der Waals surface area (Å²) >= 11 is 0. The van der Waals surface area contributed by atoms with Crippen molar-refractivity contribution in [2.75, 3.05) is 13.2 Å². The topological polar surface area (TPSA) is 82.1 Å². The van der Waals surface area contributed by atoms with Gasteiger partial charge in [-0.3, -0.25) is 4.79 Å². The first-order chi connectivity index (χ1) is 12.4. The van der Waals surface area contributed by atoms with E-state index in [4.69, 9.17) is 9.47 Å². The van der Waals surface area contributed by atoms with Crippen molar-refractivity contribution in [3.05, 3.63) is 47.5 Å². The number of Topliss-reactive ketones (excluding diaryl/α,β-unsaturated/α-hetero) is 1. The van der Waals surface area contributed by atoms with E-state index in [0.717, 1.165) is 5.56 Å². The summed E-state index contributed by atoms with van der Waals surface area (Å²) in [5.74, 6) is -0.827. The van der Waals surface area contributed by atoms with Crippen molar-refractivity contribution in [3.63, 3.8) is 0 Å². The van der Waals surface area contributed by atoms with Crippen LogP contribution in [0.5, 0.6) is 0 Å². The molecule has 0 amide bonds. The van der Waals surface area contributed by atoms with E-state index in [1.54, 1.807) is 33.8 Å². The predicted molar refractivity (Wildman–Crippen MR) is 97.6 cm³/mol. The van der Waals surface area contributed by atoms with Crippen LogP contribution in [-0.4, -0.2) is 42.5 Å². The Kier molecular flexibility index (Phi) is 9.62. The summed E-state index contributed by atoms with van der Waals surface area (Å²) in [6.45, 7) is 7.23. The van der Waals surface area contributed by atoms with E-state index in [-0.39, 0.29) is 19.0 Å². The van der Waals surface area contributed by atoms with Crippen LogP contribution in [0.4, 0.5) is 4.79 Å². The van der Waals surface area contributed by atoms with Gasteiger partial charge in [-0.05, 0) is 38.0 Å². The summed E-state index contributed by atoms with van der Waals surface area (Å²) in [5.41, 5.74) is 1.53. The zero-order chi connectivity index (χ0) is 19.5. The number of carbonyl (C=O) groups is 2. The standard InChI is InChI=1S/C20H28O6/c1-5-24-20(23)25-12-11-14(2)18(21)15(3)19(22)16(4)26-13-17-9-7-6-8-10-17/h6-11,15-16,18,21H,5,12-13H2,1-4H3/b14-11+/t15-,16+,18+/m1/s1. The summed E-state index contributed by atoms with van der Waals surface area (Å²) < 4.78 is 15.1. The van der Waals surface area contributed by atoms with Gasteiger partial charge in [0.25, 0.3) is 0 Å². The molecule has 26 heavy (non-hydrogen) atoms. The van der Waals surface area contributed by atoms with Crippen molar-refractivity contribution in [2.24, 2.45) is 5.92 Å². The molecule has 1 aromatic rings. The quantitative estimate of drug-likeness (QED) is 0.507. The Hall–Kier alpha value is -2.18. The van der Waals surface area contributed by atoms with Crippen LogP contribution in [0.25, 0.3) is 0 Å². The second-order valence-corrected chi connectivity index (χ2v) is 6.02. The first-order valence-electron chi connectivity index (χ1n) is 8.70. The maximum absolute atomic E-state index is 12.5. The molecule has 0 radical (unpaired) electrons. The highest BCUT2D eigenvalue weighted by Crippen LogP contribution is 2.17. The predicted octanol–water partition coefficient (Wildman–Crippen LogP) is 3.28. The third-order valence-corrected chi connectivity index (χ3v) is 4.00. The molecule has 6 heteroatoms. The minimum Gasteiger partial charge on any atom is -0.435 e. The van der Waals surface area contributed by atoms with E-state index in [1.807, 2.05) is 30.3 Å². The van der Waals surface area contributed by atoms with Crippen LogP contribution in [0, 0.1) is 5.92 Å². The number of ketones is 1. The van der Waals surface area contributed by atoms with Crippen LogP contribution in [0.3, 0.4) is 0 Å². The van der Waals surface area contributed by atoms with Crippen molar-refractivity contribution >= 4 is 11.9 Å². The molecule has 0 fully saturated rings. The lowest BCUT2D eigenvalue weighted by atomic mass is 9.92. The van der Waals surface area contributed by atoms with Crippen molar-refractivity contribution in [1.29, 1.82) is 0 Å². The molecule has 0 unspecified atom stereocenters. The fraction of sp³-hybridized carbons (Fsp3) is 0.500. The number of benzene rings is 1. The van der Waals surface area contributed by atoms with Gasteiger partial charge in [0.1, 0.15) is 12.7 Å². The number of hydrogen-bond acceptors (Lipinski definition) is 6. The second-order valence-electron chi connectivity index (χ2n) is 6.02. The molecule has 0 bridgehead atoms. The molecule has 0 aromatic heterocycles. The van der Waals surface area contributed by atoms with Gasteiger partial charge in [0.2, 0.25) is 0 Å². The Morgan fingerprint density at radius 3 is 2.42 bits per heavy atom. The third-order valence-electron chi connectivity index (χ3n) is 4.00. The van der Waals surface area contributed by atoms with Gasteiger partial charge in [-0.15, -0.1) is 0 Å². The van der Waals surface area contributed by atoms with Gasteiger partial charge in [-0.1, -0.05) is 37.3 Å². The molecule has 1 N–H and O–H groups in total. The van der Waals surface area contributed by atoms with Gasteiger partial charge >= 0.3 is 6.16 Å². The lowest BCUT2D eigenvalue weighted by Gasteiger charge is -2.22.